The van der Waals surface area contributed by atoms with Crippen molar-refractivity contribution >= 4 is 0 Å². The maximum atomic E-state index is 9.43. The van der Waals surface area contributed by atoms with Crippen molar-refractivity contribution < 1.29 is 5.11 Å². The Morgan fingerprint density at radius 2 is 2.06 bits per heavy atom. The molecule has 1 aromatic rings. The van der Waals surface area contributed by atoms with Crippen LogP contribution in [0.4, 0.5) is 0 Å². The maximum Gasteiger partial charge on any atom is 0.115 e. The lowest BCUT2D eigenvalue weighted by molar-refractivity contribution is 0.429. The minimum absolute atomic E-state index is 0.371. The fourth-order valence-electron chi connectivity index (χ4n) is 2.71. The fraction of sp³-hybridized carbons (Fsp3) is 0.571. The molecule has 2 atom stereocenters. The molecule has 1 fully saturated rings. The molecule has 88 valence electrons. The number of hydrogen-bond donors (Lipinski definition) is 2. The van der Waals surface area contributed by atoms with Crippen molar-refractivity contribution in [1.29, 1.82) is 0 Å². The summed E-state index contributed by atoms with van der Waals surface area (Å²) in [6, 6.07) is 7.99. The highest BCUT2D eigenvalue weighted by Gasteiger charge is 2.17. The summed E-state index contributed by atoms with van der Waals surface area (Å²) in [6.07, 6.45) is 7.23. The van der Waals surface area contributed by atoms with Crippen LogP contribution < -0.4 is 5.73 Å². The van der Waals surface area contributed by atoms with E-state index in [1.165, 1.54) is 31.2 Å². The second-order valence-corrected chi connectivity index (χ2v) is 5.02. The van der Waals surface area contributed by atoms with Crippen LogP contribution in [0.3, 0.4) is 0 Å². The van der Waals surface area contributed by atoms with Crippen LogP contribution in [0.15, 0.2) is 24.3 Å². The van der Waals surface area contributed by atoms with Crippen molar-refractivity contribution in [3.63, 3.8) is 0 Å². The van der Waals surface area contributed by atoms with E-state index in [9.17, 15) is 5.11 Å². The molecule has 2 heteroatoms. The molecule has 1 aromatic carbocycles. The molecule has 0 bridgehead atoms. The van der Waals surface area contributed by atoms with Crippen LogP contribution in [0, 0.1) is 5.92 Å². The van der Waals surface area contributed by atoms with Crippen molar-refractivity contribution in [3.8, 4) is 5.75 Å². The van der Waals surface area contributed by atoms with Crippen molar-refractivity contribution in [3.05, 3.63) is 29.8 Å². The molecule has 0 saturated heterocycles. The van der Waals surface area contributed by atoms with Gasteiger partial charge in [0.25, 0.3) is 0 Å². The third-order valence-corrected chi connectivity index (χ3v) is 3.51. The Bertz CT molecular complexity index is 337. The average molecular weight is 219 g/mol. The summed E-state index contributed by atoms with van der Waals surface area (Å²) in [7, 11) is 0. The Morgan fingerprint density at radius 1 is 1.25 bits per heavy atom. The lowest BCUT2D eigenvalue weighted by Gasteiger charge is -2.17. The average Bonchev–Trinajstić information content (AvgIpc) is 2.43. The van der Waals surface area contributed by atoms with Gasteiger partial charge in [-0.05, 0) is 42.9 Å². The Morgan fingerprint density at radius 3 is 2.88 bits per heavy atom. The Labute approximate surface area is 97.5 Å². The van der Waals surface area contributed by atoms with E-state index in [1.54, 1.807) is 6.07 Å². The van der Waals surface area contributed by atoms with Gasteiger partial charge in [-0.15, -0.1) is 0 Å². The zero-order chi connectivity index (χ0) is 11.4. The van der Waals surface area contributed by atoms with Crippen molar-refractivity contribution in [2.24, 2.45) is 11.7 Å². The van der Waals surface area contributed by atoms with Gasteiger partial charge in [0.05, 0.1) is 0 Å². The summed E-state index contributed by atoms with van der Waals surface area (Å²) < 4.78 is 0. The highest BCUT2D eigenvalue weighted by atomic mass is 16.3. The molecule has 0 aliphatic heterocycles. The molecular formula is C14H21NO. The second-order valence-electron chi connectivity index (χ2n) is 5.02. The summed E-state index contributed by atoms with van der Waals surface area (Å²) in [5.41, 5.74) is 7.29. The van der Waals surface area contributed by atoms with Crippen molar-refractivity contribution in [2.45, 2.75) is 44.6 Å². The van der Waals surface area contributed by atoms with Crippen LogP contribution in [0.5, 0.6) is 5.75 Å². The van der Waals surface area contributed by atoms with Gasteiger partial charge >= 0.3 is 0 Å². The molecule has 0 aromatic heterocycles. The van der Waals surface area contributed by atoms with E-state index < -0.39 is 0 Å². The third kappa shape index (κ3) is 3.24. The molecule has 0 heterocycles. The van der Waals surface area contributed by atoms with Gasteiger partial charge in [-0.3, -0.25) is 0 Å². The molecule has 0 spiro atoms. The summed E-state index contributed by atoms with van der Waals surface area (Å²) in [4.78, 5) is 0. The van der Waals surface area contributed by atoms with Crippen molar-refractivity contribution in [2.75, 3.05) is 0 Å². The summed E-state index contributed by atoms with van der Waals surface area (Å²) >= 11 is 0. The topological polar surface area (TPSA) is 46.2 Å². The van der Waals surface area contributed by atoms with Crippen LogP contribution in [0.2, 0.25) is 0 Å². The zero-order valence-corrected chi connectivity index (χ0v) is 9.73. The maximum absolute atomic E-state index is 9.43. The van der Waals surface area contributed by atoms with Crippen LogP contribution in [0.1, 0.15) is 37.7 Å². The standard InChI is InChI=1S/C14H21NO/c15-13-6-2-1-4-11(9-13)8-12-5-3-7-14(16)10-12/h3,5,7,10-11,13,16H,1-2,4,6,8-9,15H2. The first-order valence-corrected chi connectivity index (χ1v) is 6.27. The van der Waals surface area contributed by atoms with E-state index in [0.717, 1.165) is 12.8 Å². The highest BCUT2D eigenvalue weighted by Crippen LogP contribution is 2.26. The fourth-order valence-corrected chi connectivity index (χ4v) is 2.71. The normalized spacial score (nSPS) is 26.3. The van der Waals surface area contributed by atoms with Crippen LogP contribution >= 0.6 is 0 Å². The largest absolute Gasteiger partial charge is 0.508 e. The summed E-state index contributed by atoms with van der Waals surface area (Å²) in [6.45, 7) is 0. The first kappa shape index (κ1) is 11.5. The lowest BCUT2D eigenvalue weighted by atomic mass is 9.91. The van der Waals surface area contributed by atoms with Crippen LogP contribution in [-0.2, 0) is 6.42 Å². The zero-order valence-electron chi connectivity index (χ0n) is 9.73. The number of phenolic OH excluding ortho intramolecular Hbond substituents is 1. The molecule has 3 N–H and O–H groups in total. The first-order chi connectivity index (χ1) is 7.74. The van der Waals surface area contributed by atoms with E-state index in [-0.39, 0.29) is 0 Å². The Balaban J connectivity index is 1.97. The van der Waals surface area contributed by atoms with Crippen LogP contribution in [0.25, 0.3) is 0 Å². The van der Waals surface area contributed by atoms with E-state index in [2.05, 4.69) is 6.07 Å². The number of phenols is 1. The van der Waals surface area contributed by atoms with E-state index in [0.29, 0.717) is 17.7 Å². The molecule has 2 unspecified atom stereocenters. The Hall–Kier alpha value is -1.02. The number of hydrogen-bond acceptors (Lipinski definition) is 2. The predicted molar refractivity (Wildman–Crippen MR) is 66.4 cm³/mol. The van der Waals surface area contributed by atoms with Gasteiger partial charge in [-0.1, -0.05) is 31.4 Å². The van der Waals surface area contributed by atoms with E-state index >= 15 is 0 Å². The molecule has 1 saturated carbocycles. The van der Waals surface area contributed by atoms with E-state index in [1.807, 2.05) is 12.1 Å². The predicted octanol–water partition coefficient (Wildman–Crippen LogP) is 2.84. The minimum Gasteiger partial charge on any atom is -0.508 e. The molecule has 0 amide bonds. The van der Waals surface area contributed by atoms with E-state index in [4.69, 9.17) is 5.73 Å². The minimum atomic E-state index is 0.371. The number of rotatable bonds is 2. The quantitative estimate of drug-likeness (QED) is 0.751. The van der Waals surface area contributed by atoms with Gasteiger partial charge in [0.1, 0.15) is 5.75 Å². The number of nitrogens with two attached hydrogens (primary N) is 1. The molecule has 2 rings (SSSR count). The Kier molecular flexibility index (Phi) is 3.83. The lowest BCUT2D eigenvalue weighted by Crippen LogP contribution is -2.22. The van der Waals surface area contributed by atoms with Gasteiger partial charge in [0, 0.05) is 6.04 Å². The summed E-state index contributed by atoms with van der Waals surface area (Å²) in [5, 5.41) is 9.43. The molecule has 2 nitrogen and oxygen atoms in total. The molecule has 16 heavy (non-hydrogen) atoms. The van der Waals surface area contributed by atoms with Gasteiger partial charge in [-0.2, -0.15) is 0 Å². The SMILES string of the molecule is NC1CCCCC(Cc2cccc(O)c2)C1. The molecule has 1 aliphatic rings. The summed E-state index contributed by atoms with van der Waals surface area (Å²) in [5.74, 6) is 1.06. The van der Waals surface area contributed by atoms with Crippen molar-refractivity contribution in [1.82, 2.24) is 0 Å². The van der Waals surface area contributed by atoms with Crippen LogP contribution in [-0.4, -0.2) is 11.1 Å². The molecule has 1 aliphatic carbocycles. The third-order valence-electron chi connectivity index (χ3n) is 3.51. The van der Waals surface area contributed by atoms with Gasteiger partial charge in [0.15, 0.2) is 0 Å². The number of aromatic hydroxyl groups is 1. The monoisotopic (exact) mass is 219 g/mol. The highest BCUT2D eigenvalue weighted by molar-refractivity contribution is 5.27. The van der Waals surface area contributed by atoms with Gasteiger partial charge in [0.2, 0.25) is 0 Å². The smallest absolute Gasteiger partial charge is 0.115 e. The number of benzene rings is 1. The second kappa shape index (κ2) is 5.35. The molecule has 0 radical (unpaired) electrons. The van der Waals surface area contributed by atoms with Gasteiger partial charge in [-0.25, -0.2) is 0 Å². The van der Waals surface area contributed by atoms with Gasteiger partial charge < -0.3 is 10.8 Å². The first-order valence-electron chi connectivity index (χ1n) is 6.27. The molecular weight excluding hydrogens is 198 g/mol.